The van der Waals surface area contributed by atoms with Gasteiger partial charge in [-0.2, -0.15) is 0 Å². The van der Waals surface area contributed by atoms with Crippen molar-refractivity contribution in [1.82, 2.24) is 15.5 Å². The second kappa shape index (κ2) is 14.4. The smallest absolute Gasteiger partial charge is 0.317 e. The van der Waals surface area contributed by atoms with Crippen molar-refractivity contribution >= 4 is 64.0 Å². The van der Waals surface area contributed by atoms with Gasteiger partial charge in [-0.3, -0.25) is 9.59 Å². The van der Waals surface area contributed by atoms with Crippen molar-refractivity contribution in [2.24, 2.45) is 0 Å². The van der Waals surface area contributed by atoms with E-state index >= 15 is 0 Å². The number of nitrogens with one attached hydrogen (secondary N) is 3. The quantitative estimate of drug-likeness (QED) is 0.285. The van der Waals surface area contributed by atoms with Gasteiger partial charge in [-0.05, 0) is 79.9 Å². The first-order valence-electron chi connectivity index (χ1n) is 13.5. The minimum atomic E-state index is -0.323. The van der Waals surface area contributed by atoms with E-state index < -0.39 is 0 Å². The number of halogens is 3. The van der Waals surface area contributed by atoms with E-state index in [-0.39, 0.29) is 17.8 Å². The first-order chi connectivity index (χ1) is 19.7. The predicted molar refractivity (Wildman–Crippen MR) is 166 cm³/mol. The predicted octanol–water partition coefficient (Wildman–Crippen LogP) is 6.11. The normalized spacial score (nSPS) is 13.4. The Balaban J connectivity index is 1.52. The number of nitrogens with zero attached hydrogens (tertiary/aromatic N) is 2. The van der Waals surface area contributed by atoms with E-state index in [1.165, 1.54) is 0 Å². The van der Waals surface area contributed by atoms with Crippen LogP contribution in [0, 0.1) is 0 Å². The Hall–Kier alpha value is -3.46. The highest BCUT2D eigenvalue weighted by molar-refractivity contribution is 6.35. The van der Waals surface area contributed by atoms with Crippen molar-refractivity contribution in [2.45, 2.75) is 19.8 Å². The molecule has 0 spiro atoms. The fraction of sp³-hybridized carbons (Fsp3) is 0.300. The highest BCUT2D eigenvalue weighted by Gasteiger charge is 2.22. The van der Waals surface area contributed by atoms with Crippen molar-refractivity contribution in [2.75, 3.05) is 49.5 Å². The molecule has 0 aromatic heterocycles. The van der Waals surface area contributed by atoms with E-state index in [4.69, 9.17) is 34.8 Å². The summed E-state index contributed by atoms with van der Waals surface area (Å²) >= 11 is 18.2. The molecule has 1 fully saturated rings. The topological polar surface area (TPSA) is 93.8 Å². The monoisotopic (exact) mass is 615 g/mol. The lowest BCUT2D eigenvalue weighted by atomic mass is 10.1. The molecular formula is C30H32Cl3N5O3. The van der Waals surface area contributed by atoms with Crippen LogP contribution in [0.3, 0.4) is 0 Å². The van der Waals surface area contributed by atoms with Gasteiger partial charge >= 0.3 is 6.03 Å². The van der Waals surface area contributed by atoms with Crippen LogP contribution in [-0.2, 0) is 6.42 Å². The third kappa shape index (κ3) is 8.28. The minimum absolute atomic E-state index is 0.0856. The molecule has 0 unspecified atom stereocenters. The van der Waals surface area contributed by atoms with E-state index in [1.807, 2.05) is 19.1 Å². The van der Waals surface area contributed by atoms with Crippen LogP contribution in [0.1, 0.15) is 39.6 Å². The van der Waals surface area contributed by atoms with Gasteiger partial charge in [0.1, 0.15) is 0 Å². The van der Waals surface area contributed by atoms with E-state index in [1.54, 1.807) is 53.4 Å². The Labute approximate surface area is 254 Å². The Morgan fingerprint density at radius 2 is 1.51 bits per heavy atom. The molecular weight excluding hydrogens is 585 g/mol. The van der Waals surface area contributed by atoms with E-state index in [0.29, 0.717) is 77.6 Å². The molecule has 11 heteroatoms. The lowest BCUT2D eigenvalue weighted by Crippen LogP contribution is -2.42. The van der Waals surface area contributed by atoms with Crippen LogP contribution in [-0.4, -0.2) is 62.0 Å². The first kappa shape index (κ1) is 30.5. The number of carbonyl (C=O) groups is 3. The summed E-state index contributed by atoms with van der Waals surface area (Å²) in [6.07, 6.45) is 1.30. The summed E-state index contributed by atoms with van der Waals surface area (Å²) in [7, 11) is 0. The highest BCUT2D eigenvalue weighted by Crippen LogP contribution is 2.29. The number of urea groups is 1. The zero-order valence-electron chi connectivity index (χ0n) is 22.7. The maximum atomic E-state index is 13.2. The summed E-state index contributed by atoms with van der Waals surface area (Å²) in [5.74, 6) is -0.599. The first-order valence-corrected chi connectivity index (χ1v) is 14.6. The molecule has 4 rings (SSSR count). The largest absolute Gasteiger partial charge is 0.368 e. The Morgan fingerprint density at radius 1 is 0.780 bits per heavy atom. The summed E-state index contributed by atoms with van der Waals surface area (Å²) in [5.41, 5.74) is 3.00. The number of carbonyl (C=O) groups excluding carboxylic acids is 3. The van der Waals surface area contributed by atoms with Crippen LogP contribution >= 0.6 is 34.8 Å². The molecule has 0 saturated carbocycles. The Morgan fingerprint density at radius 3 is 2.24 bits per heavy atom. The van der Waals surface area contributed by atoms with Crippen LogP contribution in [0.15, 0.2) is 60.7 Å². The highest BCUT2D eigenvalue weighted by atomic mass is 35.5. The average molecular weight is 617 g/mol. The fourth-order valence-electron chi connectivity index (χ4n) is 4.61. The lowest BCUT2D eigenvalue weighted by Gasteiger charge is -2.26. The number of rotatable bonds is 8. The van der Waals surface area contributed by atoms with Crippen molar-refractivity contribution in [1.29, 1.82) is 0 Å². The molecule has 8 nitrogen and oxygen atoms in total. The van der Waals surface area contributed by atoms with Crippen molar-refractivity contribution in [3.8, 4) is 0 Å². The molecule has 1 aliphatic rings. The summed E-state index contributed by atoms with van der Waals surface area (Å²) < 4.78 is 0. The van der Waals surface area contributed by atoms with Crippen molar-refractivity contribution in [3.63, 3.8) is 0 Å². The van der Waals surface area contributed by atoms with Gasteiger partial charge < -0.3 is 25.8 Å². The van der Waals surface area contributed by atoms with Crippen LogP contribution in [0.25, 0.3) is 0 Å². The van der Waals surface area contributed by atoms with E-state index in [0.717, 1.165) is 17.7 Å². The molecule has 0 aliphatic carbocycles. The standard InChI is InChI=1S/C30H32Cl3N5O3/c1-2-34-30(41)38-15-3-14-37(16-17-38)27-11-7-22(18-26(27)36-29(40)21-5-8-23(31)9-6-21)28(39)35-13-12-20-4-10-24(32)19-25(20)33/h4-11,18-19H,2-3,12-17H2,1H3,(H,34,41)(H,35,39)(H,36,40). The third-order valence-corrected chi connectivity index (χ3v) is 7.60. The van der Waals surface area contributed by atoms with Gasteiger partial charge in [-0.15, -0.1) is 0 Å². The van der Waals surface area contributed by atoms with Gasteiger partial charge in [0, 0.05) is 65.5 Å². The summed E-state index contributed by atoms with van der Waals surface area (Å²) in [5, 5.41) is 10.4. The maximum Gasteiger partial charge on any atom is 0.317 e. The van der Waals surface area contributed by atoms with Crippen molar-refractivity contribution in [3.05, 3.63) is 92.4 Å². The van der Waals surface area contributed by atoms with Crippen molar-refractivity contribution < 1.29 is 14.4 Å². The lowest BCUT2D eigenvalue weighted by molar-refractivity contribution is 0.0952. The summed E-state index contributed by atoms with van der Waals surface area (Å²) in [6.45, 7) is 5.26. The molecule has 0 atom stereocenters. The van der Waals surface area contributed by atoms with Crippen LogP contribution < -0.4 is 20.9 Å². The van der Waals surface area contributed by atoms with Gasteiger partial charge in [0.05, 0.1) is 11.4 Å². The van der Waals surface area contributed by atoms with Gasteiger partial charge in [-0.1, -0.05) is 40.9 Å². The molecule has 1 saturated heterocycles. The van der Waals surface area contributed by atoms with Crippen LogP contribution in [0.4, 0.5) is 16.2 Å². The zero-order valence-corrected chi connectivity index (χ0v) is 25.0. The molecule has 1 aliphatic heterocycles. The molecule has 216 valence electrons. The van der Waals surface area contributed by atoms with Gasteiger partial charge in [-0.25, -0.2) is 4.79 Å². The SMILES string of the molecule is CCNC(=O)N1CCCN(c2ccc(C(=O)NCCc3ccc(Cl)cc3Cl)cc2NC(=O)c2ccc(Cl)cc2)CC1. The van der Waals surface area contributed by atoms with Crippen LogP contribution in [0.2, 0.25) is 15.1 Å². The minimum Gasteiger partial charge on any atom is -0.368 e. The molecule has 3 aromatic carbocycles. The summed E-state index contributed by atoms with van der Waals surface area (Å²) in [6, 6.07) is 17.0. The summed E-state index contributed by atoms with van der Waals surface area (Å²) in [4.78, 5) is 42.5. The van der Waals surface area contributed by atoms with Gasteiger partial charge in [0.25, 0.3) is 11.8 Å². The third-order valence-electron chi connectivity index (χ3n) is 6.76. The number of benzene rings is 3. The molecule has 1 heterocycles. The van der Waals surface area contributed by atoms with Crippen LogP contribution in [0.5, 0.6) is 0 Å². The molecule has 3 N–H and O–H groups in total. The van der Waals surface area contributed by atoms with Gasteiger partial charge in [0.2, 0.25) is 0 Å². The maximum absolute atomic E-state index is 13.2. The van der Waals surface area contributed by atoms with E-state index in [9.17, 15) is 14.4 Å². The number of amides is 4. The second-order valence-corrected chi connectivity index (χ2v) is 10.9. The molecule has 3 aromatic rings. The van der Waals surface area contributed by atoms with E-state index in [2.05, 4.69) is 20.9 Å². The number of anilines is 2. The fourth-order valence-corrected chi connectivity index (χ4v) is 5.24. The second-order valence-electron chi connectivity index (χ2n) is 9.60. The average Bonchev–Trinajstić information content (AvgIpc) is 3.21. The Kier molecular flexibility index (Phi) is 10.7. The molecule has 0 radical (unpaired) electrons. The zero-order chi connectivity index (χ0) is 29.4. The molecule has 0 bridgehead atoms. The number of hydrogen-bond donors (Lipinski definition) is 3. The molecule has 41 heavy (non-hydrogen) atoms. The Bertz CT molecular complexity index is 1400. The van der Waals surface area contributed by atoms with Gasteiger partial charge in [0.15, 0.2) is 0 Å². The number of hydrogen-bond acceptors (Lipinski definition) is 4. The molecule has 4 amide bonds.